The van der Waals surface area contributed by atoms with Gasteiger partial charge in [-0.15, -0.1) is 10.2 Å². The molecule has 2 aromatic heterocycles. The van der Waals surface area contributed by atoms with E-state index in [1.807, 2.05) is 20.8 Å². The molecule has 0 unspecified atom stereocenters. The Morgan fingerprint density at radius 2 is 1.80 bits per heavy atom. The first kappa shape index (κ1) is 26.8. The summed E-state index contributed by atoms with van der Waals surface area (Å²) in [5.41, 5.74) is 1.27. The van der Waals surface area contributed by atoms with Gasteiger partial charge in [-0.2, -0.15) is 0 Å². The molecule has 1 N–H and O–H groups in total. The monoisotopic (exact) mass is 524 g/mol. The van der Waals surface area contributed by atoms with E-state index in [1.165, 1.54) is 25.7 Å². The molecule has 0 fully saturated rings. The number of nitrogens with one attached hydrogen (secondary N) is 1. The van der Waals surface area contributed by atoms with Gasteiger partial charge in [0.1, 0.15) is 23.7 Å². The SMILES string of the molecule is COCc1nnc(NS(=O)(=O)[C@@H](C)[C@@H](OC(C)C)c2ncc(C)cn2)n1-c1cc(OC)ccc1Cl. The van der Waals surface area contributed by atoms with Gasteiger partial charge in [0.2, 0.25) is 16.0 Å². The maximum absolute atomic E-state index is 13.5. The zero-order chi connectivity index (χ0) is 25.8. The minimum atomic E-state index is -4.07. The highest BCUT2D eigenvalue weighted by molar-refractivity contribution is 7.93. The van der Waals surface area contributed by atoms with E-state index in [9.17, 15) is 8.42 Å². The van der Waals surface area contributed by atoms with E-state index < -0.39 is 21.4 Å². The van der Waals surface area contributed by atoms with Gasteiger partial charge in [-0.3, -0.25) is 9.29 Å². The molecule has 0 aliphatic heterocycles. The molecule has 35 heavy (non-hydrogen) atoms. The van der Waals surface area contributed by atoms with Gasteiger partial charge in [-0.05, 0) is 45.4 Å². The van der Waals surface area contributed by atoms with Crippen LogP contribution in [-0.4, -0.2) is 58.7 Å². The fraction of sp³-hybridized carbons (Fsp3) is 0.455. The number of hydrogen-bond acceptors (Lipinski definition) is 9. The molecule has 0 aliphatic carbocycles. The number of aryl methyl sites for hydroxylation is 1. The van der Waals surface area contributed by atoms with Crippen molar-refractivity contribution in [3.05, 3.63) is 52.8 Å². The van der Waals surface area contributed by atoms with Gasteiger partial charge in [-0.1, -0.05) is 11.6 Å². The summed E-state index contributed by atoms with van der Waals surface area (Å²) < 4.78 is 47.5. The Morgan fingerprint density at radius 1 is 1.11 bits per heavy atom. The van der Waals surface area contributed by atoms with Crippen molar-refractivity contribution in [3.8, 4) is 11.4 Å². The van der Waals surface area contributed by atoms with Crippen LogP contribution in [0.4, 0.5) is 5.95 Å². The van der Waals surface area contributed by atoms with Crippen LogP contribution in [-0.2, 0) is 26.1 Å². The van der Waals surface area contributed by atoms with Gasteiger partial charge >= 0.3 is 0 Å². The Hall–Kier alpha value is -2.80. The zero-order valence-corrected chi connectivity index (χ0v) is 22.0. The summed E-state index contributed by atoms with van der Waals surface area (Å²) in [5.74, 6) is 1.06. The average molecular weight is 525 g/mol. The molecule has 0 saturated heterocycles. The quantitative estimate of drug-likeness (QED) is 0.400. The number of hydrogen-bond donors (Lipinski definition) is 1. The van der Waals surface area contributed by atoms with Crippen molar-refractivity contribution in [2.45, 2.75) is 51.8 Å². The molecule has 0 saturated carbocycles. The smallest absolute Gasteiger partial charge is 0.243 e. The molecule has 1 aromatic carbocycles. The second kappa shape index (κ2) is 11.3. The Bertz CT molecular complexity index is 1250. The van der Waals surface area contributed by atoms with E-state index in [0.717, 1.165) is 5.56 Å². The largest absolute Gasteiger partial charge is 0.497 e. The van der Waals surface area contributed by atoms with Crippen LogP contribution in [0.5, 0.6) is 5.75 Å². The number of aromatic nitrogens is 5. The summed E-state index contributed by atoms with van der Waals surface area (Å²) >= 11 is 6.44. The third-order valence-corrected chi connectivity index (χ3v) is 7.03. The molecular weight excluding hydrogens is 496 g/mol. The number of rotatable bonds is 11. The summed E-state index contributed by atoms with van der Waals surface area (Å²) in [5, 5.41) is 7.40. The van der Waals surface area contributed by atoms with Gasteiger partial charge in [0.25, 0.3) is 0 Å². The third-order valence-electron chi connectivity index (χ3n) is 5.02. The first-order valence-corrected chi connectivity index (χ1v) is 12.7. The van der Waals surface area contributed by atoms with E-state index in [0.29, 0.717) is 22.3 Å². The lowest BCUT2D eigenvalue weighted by Gasteiger charge is -2.25. The molecule has 0 aliphatic rings. The van der Waals surface area contributed by atoms with E-state index in [2.05, 4.69) is 24.9 Å². The topological polar surface area (TPSA) is 130 Å². The Labute approximate surface area is 209 Å². The van der Waals surface area contributed by atoms with E-state index >= 15 is 0 Å². The van der Waals surface area contributed by atoms with E-state index in [1.54, 1.807) is 30.6 Å². The average Bonchev–Trinajstić information content (AvgIpc) is 3.19. The number of nitrogens with zero attached hydrogens (tertiary/aromatic N) is 5. The second-order valence-electron chi connectivity index (χ2n) is 8.10. The molecule has 2 heterocycles. The predicted octanol–water partition coefficient (Wildman–Crippen LogP) is 3.47. The number of sulfonamides is 1. The van der Waals surface area contributed by atoms with Gasteiger partial charge < -0.3 is 14.2 Å². The summed E-state index contributed by atoms with van der Waals surface area (Å²) in [4.78, 5) is 8.58. The van der Waals surface area contributed by atoms with Crippen LogP contribution in [0.15, 0.2) is 30.6 Å². The van der Waals surface area contributed by atoms with Crippen LogP contribution in [0.2, 0.25) is 5.02 Å². The zero-order valence-electron chi connectivity index (χ0n) is 20.4. The molecular formula is C22H29ClN6O5S. The summed E-state index contributed by atoms with van der Waals surface area (Å²) in [6, 6.07) is 4.97. The number of methoxy groups -OCH3 is 2. The predicted molar refractivity (Wildman–Crippen MR) is 131 cm³/mol. The second-order valence-corrected chi connectivity index (χ2v) is 10.5. The molecule has 13 heteroatoms. The van der Waals surface area contributed by atoms with E-state index in [-0.39, 0.29) is 24.5 Å². The van der Waals surface area contributed by atoms with Crippen molar-refractivity contribution in [2.75, 3.05) is 18.9 Å². The summed E-state index contributed by atoms with van der Waals surface area (Å²) in [6.07, 6.45) is 2.03. The lowest BCUT2D eigenvalue weighted by atomic mass is 10.2. The van der Waals surface area contributed by atoms with Crippen molar-refractivity contribution < 1.29 is 22.6 Å². The molecule has 3 rings (SSSR count). The minimum absolute atomic E-state index is 0.0628. The van der Waals surface area contributed by atoms with Crippen molar-refractivity contribution in [1.82, 2.24) is 24.7 Å². The molecule has 0 bridgehead atoms. The molecule has 11 nitrogen and oxygen atoms in total. The highest BCUT2D eigenvalue weighted by Gasteiger charge is 2.35. The molecule has 0 radical (unpaired) electrons. The molecule has 190 valence electrons. The van der Waals surface area contributed by atoms with Gasteiger partial charge in [0.05, 0.1) is 23.9 Å². The number of ether oxygens (including phenoxy) is 3. The van der Waals surface area contributed by atoms with Gasteiger partial charge in [-0.25, -0.2) is 18.4 Å². The minimum Gasteiger partial charge on any atom is -0.497 e. The number of halogens is 1. The van der Waals surface area contributed by atoms with E-state index in [4.69, 9.17) is 25.8 Å². The molecule has 0 spiro atoms. The summed E-state index contributed by atoms with van der Waals surface area (Å²) in [7, 11) is -1.06. The van der Waals surface area contributed by atoms with Gasteiger partial charge in [0, 0.05) is 25.6 Å². The standard InChI is InChI=1S/C22H29ClN6O5S/c1-13(2)34-20(21-24-10-14(3)11-25-21)15(4)35(30,31)28-22-27-26-19(12-32-5)29(22)18-9-16(33-6)7-8-17(18)23/h7-11,13,15,20H,12H2,1-6H3,(H,27,28)/t15-,20+/m0/s1. The molecule has 2 atom stereocenters. The lowest BCUT2D eigenvalue weighted by molar-refractivity contribution is 0.00152. The fourth-order valence-electron chi connectivity index (χ4n) is 3.26. The molecule has 0 amide bonds. The van der Waals surface area contributed by atoms with Crippen molar-refractivity contribution in [2.24, 2.45) is 0 Å². The highest BCUT2D eigenvalue weighted by atomic mass is 35.5. The Morgan fingerprint density at radius 3 is 2.40 bits per heavy atom. The van der Waals surface area contributed by atoms with Crippen molar-refractivity contribution in [1.29, 1.82) is 0 Å². The normalized spacial score (nSPS) is 13.6. The Balaban J connectivity index is 2.03. The third kappa shape index (κ3) is 6.26. The summed E-state index contributed by atoms with van der Waals surface area (Å²) in [6.45, 7) is 7.05. The first-order valence-electron chi connectivity index (χ1n) is 10.8. The van der Waals surface area contributed by atoms with Crippen molar-refractivity contribution >= 4 is 27.6 Å². The van der Waals surface area contributed by atoms with Crippen LogP contribution in [0.3, 0.4) is 0 Å². The van der Waals surface area contributed by atoms with Crippen LogP contribution >= 0.6 is 11.6 Å². The number of anilines is 1. The van der Waals surface area contributed by atoms with Crippen LogP contribution in [0.25, 0.3) is 5.69 Å². The maximum Gasteiger partial charge on any atom is 0.243 e. The van der Waals surface area contributed by atoms with Crippen LogP contribution in [0.1, 0.15) is 44.1 Å². The first-order chi connectivity index (χ1) is 16.6. The van der Waals surface area contributed by atoms with Crippen molar-refractivity contribution in [3.63, 3.8) is 0 Å². The lowest BCUT2D eigenvalue weighted by Crippen LogP contribution is -2.35. The van der Waals surface area contributed by atoms with Gasteiger partial charge in [0.15, 0.2) is 11.6 Å². The maximum atomic E-state index is 13.5. The number of benzene rings is 1. The molecule has 3 aromatic rings. The van der Waals surface area contributed by atoms with Crippen LogP contribution < -0.4 is 9.46 Å². The fourth-order valence-corrected chi connectivity index (χ4v) is 4.54. The Kier molecular flexibility index (Phi) is 8.65. The van der Waals surface area contributed by atoms with Crippen LogP contribution in [0, 0.1) is 6.92 Å². The highest BCUT2D eigenvalue weighted by Crippen LogP contribution is 2.31.